The molecule has 8 nitrogen and oxygen atoms in total. The van der Waals surface area contributed by atoms with Crippen molar-refractivity contribution in [2.24, 2.45) is 5.84 Å². The van der Waals surface area contributed by atoms with Crippen LogP contribution in [0, 0.1) is 0 Å². The second kappa shape index (κ2) is 8.81. The largest absolute Gasteiger partial charge is 0.461 e. The maximum atomic E-state index is 9.96. The molecule has 0 radical (unpaired) electrons. The van der Waals surface area contributed by atoms with Gasteiger partial charge in [0.05, 0.1) is 18.8 Å². The lowest BCUT2D eigenvalue weighted by Gasteiger charge is -2.26. The molecule has 1 aliphatic heterocycles. The third kappa shape index (κ3) is 4.57. The Bertz CT molecular complexity index is 819. The number of halogens is 1. The molecule has 1 aromatic carbocycles. The molecule has 1 saturated heterocycles. The lowest BCUT2D eigenvalue weighted by molar-refractivity contribution is 0.198. The van der Waals surface area contributed by atoms with Crippen LogP contribution < -0.4 is 25.8 Å². The lowest BCUT2D eigenvalue weighted by Crippen LogP contribution is -2.33. The minimum atomic E-state index is -0.380. The van der Waals surface area contributed by atoms with E-state index < -0.39 is 0 Å². The van der Waals surface area contributed by atoms with Gasteiger partial charge in [-0.3, -0.25) is 5.01 Å². The van der Waals surface area contributed by atoms with Crippen molar-refractivity contribution in [2.75, 3.05) is 35.4 Å². The van der Waals surface area contributed by atoms with E-state index in [0.717, 1.165) is 5.56 Å². The fourth-order valence-electron chi connectivity index (χ4n) is 3.16. The summed E-state index contributed by atoms with van der Waals surface area (Å²) >= 11 is 6.29. The number of β-amino-alcohol motifs (C(OH)–C–C–N with tert-alkyl or cyclic N) is 1. The molecular weight excluding hydrogens is 380 g/mol. The standard InChI is InChI=1S/C19H27ClN6O2/c1-12(2)28-19-23-17(25-9-8-14(27)11-25)16(22-3)18(24-19)26(21)10-13-6-4-5-7-15(13)20/h4-7,12,14,22,27H,8-11,21H2,1-3H3/t14-/m0/s1. The zero-order valence-corrected chi connectivity index (χ0v) is 17.1. The molecule has 9 heteroatoms. The number of ether oxygens (including phenoxy) is 1. The van der Waals surface area contributed by atoms with E-state index in [-0.39, 0.29) is 18.2 Å². The average Bonchev–Trinajstić information content (AvgIpc) is 3.08. The molecule has 1 aliphatic rings. The molecule has 28 heavy (non-hydrogen) atoms. The highest BCUT2D eigenvalue weighted by Gasteiger charge is 2.28. The first-order chi connectivity index (χ1) is 13.4. The molecule has 0 saturated carbocycles. The summed E-state index contributed by atoms with van der Waals surface area (Å²) in [5.74, 6) is 7.55. The van der Waals surface area contributed by atoms with Crippen molar-refractivity contribution in [1.82, 2.24) is 9.97 Å². The number of nitrogens with zero attached hydrogens (tertiary/aromatic N) is 4. The number of nitrogens with one attached hydrogen (secondary N) is 1. The second-order valence-electron chi connectivity index (χ2n) is 7.05. The first-order valence-electron chi connectivity index (χ1n) is 9.34. The molecular formula is C19H27ClN6O2. The number of aromatic nitrogens is 2. The van der Waals surface area contributed by atoms with E-state index in [1.54, 1.807) is 7.05 Å². The summed E-state index contributed by atoms with van der Waals surface area (Å²) in [6.07, 6.45) is 0.226. The highest BCUT2D eigenvalue weighted by Crippen LogP contribution is 2.36. The van der Waals surface area contributed by atoms with Gasteiger partial charge in [-0.15, -0.1) is 0 Å². The van der Waals surface area contributed by atoms with Crippen molar-refractivity contribution in [2.45, 2.75) is 39.0 Å². The minimum Gasteiger partial charge on any atom is -0.461 e. The predicted octanol–water partition coefficient (Wildman–Crippen LogP) is 2.41. The Morgan fingerprint density at radius 2 is 2.14 bits per heavy atom. The smallest absolute Gasteiger partial charge is 0.320 e. The van der Waals surface area contributed by atoms with E-state index in [0.29, 0.717) is 48.4 Å². The van der Waals surface area contributed by atoms with Crippen LogP contribution in [0.5, 0.6) is 6.01 Å². The van der Waals surface area contributed by atoms with Crippen LogP contribution in [0.3, 0.4) is 0 Å². The molecule has 2 heterocycles. The minimum absolute atomic E-state index is 0.0832. The molecule has 1 fully saturated rings. The summed E-state index contributed by atoms with van der Waals surface area (Å²) in [7, 11) is 1.80. The number of rotatable bonds is 7. The summed E-state index contributed by atoms with van der Waals surface area (Å²) < 4.78 is 5.76. The van der Waals surface area contributed by atoms with Crippen LogP contribution >= 0.6 is 11.6 Å². The molecule has 0 aliphatic carbocycles. The van der Waals surface area contributed by atoms with Gasteiger partial charge in [0.2, 0.25) is 0 Å². The predicted molar refractivity (Wildman–Crippen MR) is 112 cm³/mol. The van der Waals surface area contributed by atoms with Crippen LogP contribution in [0.1, 0.15) is 25.8 Å². The molecule has 4 N–H and O–H groups in total. The number of nitrogens with two attached hydrogens (primary N) is 1. The van der Waals surface area contributed by atoms with Gasteiger partial charge < -0.3 is 20.1 Å². The quantitative estimate of drug-likeness (QED) is 0.476. The Hall–Kier alpha value is -2.29. The summed E-state index contributed by atoms with van der Waals surface area (Å²) in [4.78, 5) is 11.1. The third-order valence-corrected chi connectivity index (χ3v) is 4.84. The van der Waals surface area contributed by atoms with E-state index in [2.05, 4.69) is 15.3 Å². The maximum absolute atomic E-state index is 9.96. The highest BCUT2D eigenvalue weighted by molar-refractivity contribution is 6.31. The summed E-state index contributed by atoms with van der Waals surface area (Å²) in [5.41, 5.74) is 1.57. The van der Waals surface area contributed by atoms with Gasteiger partial charge in [-0.25, -0.2) is 5.84 Å². The number of hydrazine groups is 1. The maximum Gasteiger partial charge on any atom is 0.320 e. The molecule has 1 aromatic heterocycles. The number of hydrogen-bond acceptors (Lipinski definition) is 8. The van der Waals surface area contributed by atoms with E-state index in [9.17, 15) is 5.11 Å². The van der Waals surface area contributed by atoms with E-state index >= 15 is 0 Å². The second-order valence-corrected chi connectivity index (χ2v) is 7.46. The Morgan fingerprint density at radius 3 is 2.75 bits per heavy atom. The van der Waals surface area contributed by atoms with Gasteiger partial charge >= 0.3 is 6.01 Å². The Labute approximate surface area is 170 Å². The third-order valence-electron chi connectivity index (χ3n) is 4.47. The molecule has 0 unspecified atom stereocenters. The fraction of sp³-hybridized carbons (Fsp3) is 0.474. The van der Waals surface area contributed by atoms with Gasteiger partial charge in [0.25, 0.3) is 0 Å². The van der Waals surface area contributed by atoms with Crippen molar-refractivity contribution >= 4 is 28.9 Å². The number of hydrogen-bond donors (Lipinski definition) is 3. The molecule has 3 rings (SSSR count). The van der Waals surface area contributed by atoms with Crippen molar-refractivity contribution in [3.8, 4) is 6.01 Å². The highest BCUT2D eigenvalue weighted by atomic mass is 35.5. The monoisotopic (exact) mass is 406 g/mol. The molecule has 2 aromatic rings. The Kier molecular flexibility index (Phi) is 6.43. The summed E-state index contributed by atoms with van der Waals surface area (Å²) in [6, 6.07) is 7.79. The van der Waals surface area contributed by atoms with Gasteiger partial charge in [0.15, 0.2) is 11.6 Å². The van der Waals surface area contributed by atoms with Gasteiger partial charge in [0.1, 0.15) is 5.69 Å². The van der Waals surface area contributed by atoms with Crippen LogP contribution in [0.25, 0.3) is 0 Å². The number of aliphatic hydroxyl groups excluding tert-OH is 1. The van der Waals surface area contributed by atoms with Crippen LogP contribution in [0.2, 0.25) is 5.02 Å². The molecule has 0 bridgehead atoms. The molecule has 0 amide bonds. The zero-order valence-electron chi connectivity index (χ0n) is 16.4. The summed E-state index contributed by atoms with van der Waals surface area (Å²) in [5, 5.41) is 15.3. The number of aliphatic hydroxyl groups is 1. The van der Waals surface area contributed by atoms with Crippen LogP contribution in [0.4, 0.5) is 17.3 Å². The fourth-order valence-corrected chi connectivity index (χ4v) is 3.36. The van der Waals surface area contributed by atoms with Crippen molar-refractivity contribution in [1.29, 1.82) is 0 Å². The molecule has 1 atom stereocenters. The van der Waals surface area contributed by atoms with Crippen LogP contribution in [-0.2, 0) is 6.54 Å². The summed E-state index contributed by atoms with van der Waals surface area (Å²) in [6.45, 7) is 5.40. The number of benzene rings is 1. The average molecular weight is 407 g/mol. The Morgan fingerprint density at radius 1 is 1.39 bits per heavy atom. The van der Waals surface area contributed by atoms with Gasteiger partial charge in [-0.2, -0.15) is 9.97 Å². The Balaban J connectivity index is 2.00. The van der Waals surface area contributed by atoms with E-state index in [1.807, 2.05) is 43.0 Å². The van der Waals surface area contributed by atoms with Crippen molar-refractivity contribution in [3.05, 3.63) is 34.9 Å². The lowest BCUT2D eigenvalue weighted by atomic mass is 10.2. The van der Waals surface area contributed by atoms with Crippen molar-refractivity contribution < 1.29 is 9.84 Å². The molecule has 0 spiro atoms. The van der Waals surface area contributed by atoms with E-state index in [1.165, 1.54) is 5.01 Å². The van der Waals surface area contributed by atoms with E-state index in [4.69, 9.17) is 22.2 Å². The SMILES string of the molecule is CNc1c(N(N)Cc2ccccc2Cl)nc(OC(C)C)nc1N1CC[C@H](O)C1. The normalized spacial score (nSPS) is 16.5. The van der Waals surface area contributed by atoms with Crippen LogP contribution in [-0.4, -0.2) is 47.4 Å². The van der Waals surface area contributed by atoms with Gasteiger partial charge in [-0.05, 0) is 31.9 Å². The van der Waals surface area contributed by atoms with Gasteiger partial charge in [0, 0.05) is 25.2 Å². The first kappa shape index (κ1) is 20.4. The topological polar surface area (TPSA) is 99.8 Å². The zero-order chi connectivity index (χ0) is 20.3. The van der Waals surface area contributed by atoms with Crippen LogP contribution in [0.15, 0.2) is 24.3 Å². The first-order valence-corrected chi connectivity index (χ1v) is 9.72. The number of anilines is 3. The van der Waals surface area contributed by atoms with Gasteiger partial charge in [-0.1, -0.05) is 29.8 Å². The van der Waals surface area contributed by atoms with Crippen molar-refractivity contribution in [3.63, 3.8) is 0 Å². The molecule has 152 valence electrons.